The molecule has 0 bridgehead atoms. The number of Topliss-reactive ketones (excluding diaryl/α,β-unsaturated/α-hetero) is 1. The van der Waals surface area contributed by atoms with Crippen LogP contribution in [0.15, 0.2) is 30.3 Å². The first-order valence-electron chi connectivity index (χ1n) is 7.53. The van der Waals surface area contributed by atoms with Crippen molar-refractivity contribution in [1.82, 2.24) is 4.90 Å². The first-order valence-corrected chi connectivity index (χ1v) is 9.48. The molecule has 2 amide bonds. The van der Waals surface area contributed by atoms with Gasteiger partial charge >= 0.3 is 0 Å². The van der Waals surface area contributed by atoms with Gasteiger partial charge in [-0.3, -0.25) is 14.4 Å². The lowest BCUT2D eigenvalue weighted by Gasteiger charge is -2.16. The van der Waals surface area contributed by atoms with Gasteiger partial charge in [0.05, 0.1) is 25.8 Å². The van der Waals surface area contributed by atoms with Gasteiger partial charge in [0.1, 0.15) is 0 Å². The second-order valence-electron chi connectivity index (χ2n) is 5.45. The highest BCUT2D eigenvalue weighted by molar-refractivity contribution is 7.18. The normalized spacial score (nSPS) is 10.5. The maximum absolute atomic E-state index is 12.1. The molecule has 5 nitrogen and oxygen atoms in total. The van der Waals surface area contributed by atoms with Gasteiger partial charge in [-0.2, -0.15) is 0 Å². The third-order valence-electron chi connectivity index (χ3n) is 3.42. The Morgan fingerprint density at radius 3 is 2.38 bits per heavy atom. The second kappa shape index (κ2) is 9.37. The van der Waals surface area contributed by atoms with Crippen molar-refractivity contribution in [3.63, 3.8) is 0 Å². The number of likely N-dealkylation sites (N-methyl/N-ethyl adjacent to an activating group) is 1. The molecule has 1 N–H and O–H groups in total. The van der Waals surface area contributed by atoms with E-state index in [-0.39, 0.29) is 37.0 Å². The molecule has 0 saturated heterocycles. The van der Waals surface area contributed by atoms with Crippen molar-refractivity contribution in [2.75, 3.05) is 18.9 Å². The van der Waals surface area contributed by atoms with Gasteiger partial charge in [0, 0.05) is 25.6 Å². The van der Waals surface area contributed by atoms with E-state index in [1.165, 1.54) is 29.4 Å². The fourth-order valence-electron chi connectivity index (χ4n) is 2.08. The maximum atomic E-state index is 12.1. The first-order chi connectivity index (χ1) is 12.3. The molecule has 0 fully saturated rings. The van der Waals surface area contributed by atoms with E-state index in [2.05, 4.69) is 5.32 Å². The van der Waals surface area contributed by atoms with Gasteiger partial charge in [-0.05, 0) is 30.3 Å². The Morgan fingerprint density at radius 1 is 1.04 bits per heavy atom. The van der Waals surface area contributed by atoms with E-state index in [1.807, 2.05) is 0 Å². The van der Waals surface area contributed by atoms with Crippen LogP contribution in [0.25, 0.3) is 0 Å². The summed E-state index contributed by atoms with van der Waals surface area (Å²) in [6, 6.07) is 7.97. The number of ketones is 1. The highest BCUT2D eigenvalue weighted by Gasteiger charge is 2.16. The van der Waals surface area contributed by atoms with Gasteiger partial charge in [-0.1, -0.05) is 34.8 Å². The van der Waals surface area contributed by atoms with Crippen LogP contribution in [0.5, 0.6) is 0 Å². The van der Waals surface area contributed by atoms with Crippen LogP contribution in [0.2, 0.25) is 14.4 Å². The van der Waals surface area contributed by atoms with Crippen LogP contribution in [0.1, 0.15) is 22.5 Å². The van der Waals surface area contributed by atoms with Crippen LogP contribution in [0.3, 0.4) is 0 Å². The van der Waals surface area contributed by atoms with Crippen molar-refractivity contribution in [2.24, 2.45) is 0 Å². The molecule has 1 aromatic carbocycles. The predicted molar refractivity (Wildman–Crippen MR) is 106 cm³/mol. The van der Waals surface area contributed by atoms with E-state index in [4.69, 9.17) is 34.8 Å². The molecule has 0 radical (unpaired) electrons. The van der Waals surface area contributed by atoms with Gasteiger partial charge in [0.2, 0.25) is 11.8 Å². The summed E-state index contributed by atoms with van der Waals surface area (Å²) in [6.07, 6.45) is 0.0827. The smallest absolute Gasteiger partial charge is 0.243 e. The minimum absolute atomic E-state index is 0.0188. The molecule has 0 aliphatic carbocycles. The molecule has 0 unspecified atom stereocenters. The highest BCUT2D eigenvalue weighted by Crippen LogP contribution is 2.25. The van der Waals surface area contributed by atoms with Crippen molar-refractivity contribution in [1.29, 1.82) is 0 Å². The summed E-state index contributed by atoms with van der Waals surface area (Å²) < 4.78 is 0.524. The molecule has 0 aliphatic rings. The van der Waals surface area contributed by atoms with Crippen LogP contribution in [-0.2, 0) is 9.59 Å². The largest absolute Gasteiger partial charge is 0.336 e. The Bertz CT molecular complexity index is 838. The molecular formula is C17H15Cl3N2O3S. The number of halogens is 3. The zero-order valence-corrected chi connectivity index (χ0v) is 16.8. The molecule has 26 heavy (non-hydrogen) atoms. The number of rotatable bonds is 7. The van der Waals surface area contributed by atoms with E-state index < -0.39 is 0 Å². The summed E-state index contributed by atoms with van der Waals surface area (Å²) >= 11 is 18.7. The van der Waals surface area contributed by atoms with E-state index in [9.17, 15) is 14.4 Å². The summed E-state index contributed by atoms with van der Waals surface area (Å²) in [5.41, 5.74) is 0.481. The Kier molecular flexibility index (Phi) is 7.46. The lowest BCUT2D eigenvalue weighted by molar-refractivity contribution is -0.133. The van der Waals surface area contributed by atoms with Gasteiger partial charge in [0.25, 0.3) is 0 Å². The molecule has 0 aliphatic heterocycles. The van der Waals surface area contributed by atoms with Crippen LogP contribution in [-0.4, -0.2) is 36.1 Å². The Balaban J connectivity index is 1.81. The number of nitrogens with zero attached hydrogens (tertiary/aromatic N) is 1. The fraction of sp³-hybridized carbons (Fsp3) is 0.235. The Hall–Kier alpha value is -1.60. The Morgan fingerprint density at radius 2 is 1.77 bits per heavy atom. The van der Waals surface area contributed by atoms with Gasteiger partial charge in [-0.25, -0.2) is 0 Å². The van der Waals surface area contributed by atoms with Crippen LogP contribution in [0, 0.1) is 0 Å². The average molecular weight is 434 g/mol. The van der Waals surface area contributed by atoms with Crippen molar-refractivity contribution < 1.29 is 14.4 Å². The van der Waals surface area contributed by atoms with E-state index in [0.29, 0.717) is 24.9 Å². The van der Waals surface area contributed by atoms with Crippen molar-refractivity contribution >= 4 is 69.4 Å². The van der Waals surface area contributed by atoms with Crippen molar-refractivity contribution in [3.8, 4) is 0 Å². The molecule has 0 atom stereocenters. The number of carbonyl (C=O) groups is 3. The summed E-state index contributed by atoms with van der Waals surface area (Å²) in [6.45, 7) is -0.141. The lowest BCUT2D eigenvalue weighted by atomic mass is 10.2. The number of hydrogen-bond acceptors (Lipinski definition) is 4. The van der Waals surface area contributed by atoms with Gasteiger partial charge in [-0.15, -0.1) is 11.3 Å². The summed E-state index contributed by atoms with van der Waals surface area (Å²) in [4.78, 5) is 37.9. The van der Waals surface area contributed by atoms with Crippen LogP contribution in [0.4, 0.5) is 5.69 Å². The maximum Gasteiger partial charge on any atom is 0.243 e. The van der Waals surface area contributed by atoms with Crippen LogP contribution >= 0.6 is 46.1 Å². The number of carbonyl (C=O) groups excluding carboxylic acids is 3. The first kappa shape index (κ1) is 20.7. The molecule has 9 heteroatoms. The van der Waals surface area contributed by atoms with Crippen molar-refractivity contribution in [3.05, 3.63) is 49.6 Å². The monoisotopic (exact) mass is 432 g/mol. The highest BCUT2D eigenvalue weighted by atomic mass is 35.5. The second-order valence-corrected chi connectivity index (χ2v) is 7.98. The van der Waals surface area contributed by atoms with Gasteiger partial charge < -0.3 is 10.2 Å². The number of amides is 2. The van der Waals surface area contributed by atoms with Gasteiger partial charge in [0.15, 0.2) is 5.78 Å². The van der Waals surface area contributed by atoms with E-state index >= 15 is 0 Å². The van der Waals surface area contributed by atoms with Crippen molar-refractivity contribution in [2.45, 2.75) is 12.8 Å². The molecule has 1 aromatic heterocycles. The quantitative estimate of drug-likeness (QED) is 0.640. The van der Waals surface area contributed by atoms with E-state index in [1.54, 1.807) is 24.3 Å². The summed E-state index contributed by atoms with van der Waals surface area (Å²) in [7, 11) is 1.50. The SMILES string of the molecule is CN(CC(=O)Nc1ccc(Cl)c(Cl)c1)C(=O)CCC(=O)c1ccc(Cl)s1. The molecule has 1 heterocycles. The van der Waals surface area contributed by atoms with Crippen LogP contribution < -0.4 is 5.32 Å². The fourth-order valence-corrected chi connectivity index (χ4v) is 3.39. The summed E-state index contributed by atoms with van der Waals surface area (Å²) in [5, 5.41) is 3.34. The lowest BCUT2D eigenvalue weighted by Crippen LogP contribution is -2.35. The number of thiophene rings is 1. The number of benzene rings is 1. The number of nitrogens with one attached hydrogen (secondary N) is 1. The standard InChI is InChI=1S/C17H15Cl3N2O3S/c1-22(9-16(24)21-10-2-3-11(18)12(19)8-10)17(25)7-4-13(23)14-5-6-15(20)26-14/h2-3,5-6,8H,4,7,9H2,1H3,(H,21,24). The predicted octanol–water partition coefficient (Wildman–Crippen LogP) is 4.77. The number of anilines is 1. The molecule has 2 aromatic rings. The third kappa shape index (κ3) is 5.99. The minimum Gasteiger partial charge on any atom is -0.336 e. The topological polar surface area (TPSA) is 66.5 Å². The summed E-state index contributed by atoms with van der Waals surface area (Å²) in [5.74, 6) is -0.829. The Labute approximate surface area is 169 Å². The molecular weight excluding hydrogens is 419 g/mol. The third-order valence-corrected chi connectivity index (χ3v) is 5.44. The minimum atomic E-state index is -0.379. The molecule has 138 valence electrons. The molecule has 0 spiro atoms. The number of hydrogen-bond donors (Lipinski definition) is 1. The molecule has 0 saturated carbocycles. The zero-order valence-electron chi connectivity index (χ0n) is 13.7. The zero-order chi connectivity index (χ0) is 19.3. The average Bonchev–Trinajstić information content (AvgIpc) is 3.02. The molecule has 2 rings (SSSR count). The van der Waals surface area contributed by atoms with E-state index in [0.717, 1.165) is 0 Å².